The van der Waals surface area contributed by atoms with Crippen LogP contribution in [0.25, 0.3) is 0 Å². The molecule has 3 aliphatic carbocycles. The van der Waals surface area contributed by atoms with Gasteiger partial charge in [-0.05, 0) is 98.7 Å². The molecule has 0 heterocycles. The zero-order chi connectivity index (χ0) is 21.3. The maximum Gasteiger partial charge on any atom is 0.0433 e. The molecule has 6 unspecified atom stereocenters. The van der Waals surface area contributed by atoms with Gasteiger partial charge in [0, 0.05) is 6.61 Å². The second kappa shape index (κ2) is 12.5. The predicted molar refractivity (Wildman–Crippen MR) is 130 cm³/mol. The van der Waals surface area contributed by atoms with Gasteiger partial charge in [0.25, 0.3) is 0 Å². The molecule has 0 aliphatic heterocycles. The molecule has 0 amide bonds. The topological polar surface area (TPSA) is 20.2 Å². The zero-order valence-corrected chi connectivity index (χ0v) is 19.9. The number of aliphatic hydroxyl groups is 1. The number of rotatable bonds is 10. The summed E-state index contributed by atoms with van der Waals surface area (Å²) in [5.41, 5.74) is 0. The Balaban J connectivity index is 1.50. The maximum absolute atomic E-state index is 9.35. The fourth-order valence-electron chi connectivity index (χ4n) is 7.72. The average Bonchev–Trinajstić information content (AvgIpc) is 2.79. The fraction of sp³-hybridized carbons (Fsp3) is 0.862. The highest BCUT2D eigenvalue weighted by Crippen LogP contribution is 2.50. The van der Waals surface area contributed by atoms with Crippen LogP contribution < -0.4 is 0 Å². The molecule has 1 nitrogen and oxygen atoms in total. The van der Waals surface area contributed by atoms with Crippen molar-refractivity contribution >= 4 is 0 Å². The van der Waals surface area contributed by atoms with Crippen LogP contribution in [0.15, 0.2) is 25.3 Å². The lowest BCUT2D eigenvalue weighted by atomic mass is 9.59. The summed E-state index contributed by atoms with van der Waals surface area (Å²) >= 11 is 0. The molecule has 1 heteroatoms. The summed E-state index contributed by atoms with van der Waals surface area (Å²) in [6, 6.07) is 0. The van der Waals surface area contributed by atoms with Crippen molar-refractivity contribution in [2.24, 2.45) is 47.3 Å². The largest absolute Gasteiger partial charge is 0.396 e. The Morgan fingerprint density at radius 1 is 0.700 bits per heavy atom. The third-order valence-electron chi connectivity index (χ3n) is 9.52. The van der Waals surface area contributed by atoms with E-state index in [1.165, 1.54) is 89.9 Å². The summed E-state index contributed by atoms with van der Waals surface area (Å²) in [6.07, 6.45) is 25.4. The van der Waals surface area contributed by atoms with E-state index in [4.69, 9.17) is 0 Å². The summed E-state index contributed by atoms with van der Waals surface area (Å²) in [4.78, 5) is 0. The Morgan fingerprint density at radius 2 is 1.30 bits per heavy atom. The van der Waals surface area contributed by atoms with Crippen molar-refractivity contribution in [1.29, 1.82) is 0 Å². The second-order valence-corrected chi connectivity index (χ2v) is 11.2. The monoisotopic (exact) mass is 414 g/mol. The quantitative estimate of drug-likeness (QED) is 0.282. The molecule has 3 fully saturated rings. The summed E-state index contributed by atoms with van der Waals surface area (Å²) < 4.78 is 0. The number of hydrogen-bond acceptors (Lipinski definition) is 1. The Labute approximate surface area is 187 Å². The molecule has 0 spiro atoms. The lowest BCUT2D eigenvalue weighted by Gasteiger charge is -2.46. The van der Waals surface area contributed by atoms with Crippen molar-refractivity contribution in [3.8, 4) is 0 Å². The third-order valence-corrected chi connectivity index (χ3v) is 9.52. The highest BCUT2D eigenvalue weighted by atomic mass is 16.3. The standard InChI is InChI=1S/C29H50O/c1-4-7-8-9-22-10-13-26(14-11-22)28-17-15-27(21-25(28)6-3)29-16-12-23(18-19-30)20-24(29)5-2/h5-6,22-30H,2-4,7-21H2,1H3. The molecule has 172 valence electrons. The van der Waals surface area contributed by atoms with Crippen LogP contribution >= 0.6 is 0 Å². The van der Waals surface area contributed by atoms with E-state index >= 15 is 0 Å². The molecule has 1 N–H and O–H groups in total. The second-order valence-electron chi connectivity index (χ2n) is 11.2. The van der Waals surface area contributed by atoms with Crippen LogP contribution in [0.3, 0.4) is 0 Å². The van der Waals surface area contributed by atoms with E-state index in [0.29, 0.717) is 18.4 Å². The van der Waals surface area contributed by atoms with Crippen LogP contribution in [0.5, 0.6) is 0 Å². The van der Waals surface area contributed by atoms with Gasteiger partial charge in [-0.2, -0.15) is 0 Å². The highest BCUT2D eigenvalue weighted by Gasteiger charge is 2.40. The van der Waals surface area contributed by atoms with Crippen molar-refractivity contribution in [3.05, 3.63) is 25.3 Å². The Morgan fingerprint density at radius 3 is 1.97 bits per heavy atom. The number of allylic oxidation sites excluding steroid dienone is 2. The van der Waals surface area contributed by atoms with E-state index in [2.05, 4.69) is 32.2 Å². The smallest absolute Gasteiger partial charge is 0.0433 e. The Kier molecular flexibility index (Phi) is 10.0. The first-order chi connectivity index (χ1) is 14.7. The van der Waals surface area contributed by atoms with Crippen LogP contribution in [-0.4, -0.2) is 11.7 Å². The molecule has 0 saturated heterocycles. The Bertz CT molecular complexity index is 502. The first-order valence-corrected chi connectivity index (χ1v) is 13.6. The van der Waals surface area contributed by atoms with E-state index in [1.54, 1.807) is 0 Å². The molecule has 0 radical (unpaired) electrons. The van der Waals surface area contributed by atoms with E-state index < -0.39 is 0 Å². The minimum Gasteiger partial charge on any atom is -0.396 e. The van der Waals surface area contributed by atoms with Gasteiger partial charge in [-0.25, -0.2) is 0 Å². The first kappa shape index (κ1) is 24.1. The highest BCUT2D eigenvalue weighted by molar-refractivity contribution is 4.99. The van der Waals surface area contributed by atoms with Gasteiger partial charge >= 0.3 is 0 Å². The molecule has 3 saturated carbocycles. The van der Waals surface area contributed by atoms with Gasteiger partial charge in [-0.15, -0.1) is 13.2 Å². The predicted octanol–water partition coefficient (Wildman–Crippen LogP) is 8.19. The van der Waals surface area contributed by atoms with Gasteiger partial charge in [-0.3, -0.25) is 0 Å². The zero-order valence-electron chi connectivity index (χ0n) is 19.9. The first-order valence-electron chi connectivity index (χ1n) is 13.6. The van der Waals surface area contributed by atoms with E-state index in [0.717, 1.165) is 41.9 Å². The van der Waals surface area contributed by atoms with Crippen molar-refractivity contribution in [2.75, 3.05) is 6.61 Å². The van der Waals surface area contributed by atoms with Gasteiger partial charge in [0.1, 0.15) is 0 Å². The summed E-state index contributed by atoms with van der Waals surface area (Å²) in [5, 5.41) is 9.35. The van der Waals surface area contributed by atoms with Crippen LogP contribution in [0.1, 0.15) is 103 Å². The molecule has 3 rings (SSSR count). The molecule has 0 aromatic carbocycles. The lowest BCUT2D eigenvalue weighted by molar-refractivity contribution is 0.0555. The summed E-state index contributed by atoms with van der Waals surface area (Å²) in [5.74, 6) is 6.71. The van der Waals surface area contributed by atoms with Crippen LogP contribution in [-0.2, 0) is 0 Å². The number of hydrogen-bond donors (Lipinski definition) is 1. The Hall–Kier alpha value is -0.560. The van der Waals surface area contributed by atoms with Gasteiger partial charge in [0.15, 0.2) is 0 Å². The molecule has 0 aromatic heterocycles. The van der Waals surface area contributed by atoms with Crippen LogP contribution in [0.2, 0.25) is 0 Å². The van der Waals surface area contributed by atoms with Crippen molar-refractivity contribution < 1.29 is 5.11 Å². The van der Waals surface area contributed by atoms with E-state index in [9.17, 15) is 5.11 Å². The van der Waals surface area contributed by atoms with Crippen molar-refractivity contribution in [3.63, 3.8) is 0 Å². The summed E-state index contributed by atoms with van der Waals surface area (Å²) in [7, 11) is 0. The van der Waals surface area contributed by atoms with Crippen LogP contribution in [0.4, 0.5) is 0 Å². The number of unbranched alkanes of at least 4 members (excludes halogenated alkanes) is 2. The summed E-state index contributed by atoms with van der Waals surface area (Å²) in [6.45, 7) is 11.2. The molecular formula is C29H50O. The van der Waals surface area contributed by atoms with Gasteiger partial charge < -0.3 is 5.11 Å². The lowest BCUT2D eigenvalue weighted by Crippen LogP contribution is -2.37. The van der Waals surface area contributed by atoms with E-state index in [-0.39, 0.29) is 0 Å². The fourth-order valence-corrected chi connectivity index (χ4v) is 7.72. The molecule has 0 bridgehead atoms. The molecule has 6 atom stereocenters. The van der Waals surface area contributed by atoms with Crippen molar-refractivity contribution in [2.45, 2.75) is 103 Å². The van der Waals surface area contributed by atoms with Gasteiger partial charge in [0.05, 0.1) is 0 Å². The van der Waals surface area contributed by atoms with E-state index in [1.807, 2.05) is 0 Å². The molecule has 0 aromatic rings. The van der Waals surface area contributed by atoms with Crippen molar-refractivity contribution in [1.82, 2.24) is 0 Å². The third kappa shape index (κ3) is 6.24. The minimum atomic E-state index is 0.351. The normalized spacial score (nSPS) is 40.1. The molecule has 3 aliphatic rings. The molecule has 30 heavy (non-hydrogen) atoms. The number of aliphatic hydroxyl groups excluding tert-OH is 1. The molecular weight excluding hydrogens is 364 g/mol. The van der Waals surface area contributed by atoms with Crippen LogP contribution in [0, 0.1) is 47.3 Å². The SMILES string of the molecule is C=CC1CC(C2CCC(CCO)CC2C=C)CCC1C1CCC(CCCCC)CC1. The average molecular weight is 415 g/mol. The minimum absolute atomic E-state index is 0.351. The van der Waals surface area contributed by atoms with Gasteiger partial charge in [-0.1, -0.05) is 64.0 Å². The maximum atomic E-state index is 9.35. The van der Waals surface area contributed by atoms with Gasteiger partial charge in [0.2, 0.25) is 0 Å².